The lowest BCUT2D eigenvalue weighted by molar-refractivity contribution is 0.0943. The van der Waals surface area contributed by atoms with Gasteiger partial charge in [-0.15, -0.1) is 5.10 Å². The maximum Gasteiger partial charge on any atom is 0.274 e. The summed E-state index contributed by atoms with van der Waals surface area (Å²) in [5.74, 6) is 1.66. The van der Waals surface area contributed by atoms with Gasteiger partial charge in [-0.05, 0) is 36.5 Å². The number of aromatic nitrogens is 3. The minimum Gasteiger partial charge on any atom is -0.454 e. The quantitative estimate of drug-likeness (QED) is 0.680. The van der Waals surface area contributed by atoms with Gasteiger partial charge < -0.3 is 19.7 Å². The molecule has 9 nitrogen and oxygen atoms in total. The van der Waals surface area contributed by atoms with E-state index in [9.17, 15) is 9.59 Å². The largest absolute Gasteiger partial charge is 0.454 e. The fraction of sp³-hybridized carbons (Fsp3) is 0.400. The summed E-state index contributed by atoms with van der Waals surface area (Å²) in [6.07, 6.45) is 2.20. The van der Waals surface area contributed by atoms with E-state index >= 15 is 0 Å². The Morgan fingerprint density at radius 1 is 1.23 bits per heavy atom. The van der Waals surface area contributed by atoms with E-state index in [1.165, 1.54) is 21.9 Å². The fourth-order valence-electron chi connectivity index (χ4n) is 3.62. The Kier molecular flexibility index (Phi) is 4.78. The highest BCUT2D eigenvalue weighted by molar-refractivity contribution is 7.20. The Hall–Kier alpha value is -3.14. The molecule has 1 fully saturated rings. The van der Waals surface area contributed by atoms with Gasteiger partial charge in [0.15, 0.2) is 11.5 Å². The number of benzene rings is 1. The van der Waals surface area contributed by atoms with Gasteiger partial charge in [-0.1, -0.05) is 24.3 Å². The molecular formula is C20H21N5O4S. The van der Waals surface area contributed by atoms with Crippen LogP contribution >= 0.6 is 11.3 Å². The van der Waals surface area contributed by atoms with E-state index in [0.717, 1.165) is 36.6 Å². The normalized spacial score (nSPS) is 16.2. The topological polar surface area (TPSA) is 98.1 Å². The van der Waals surface area contributed by atoms with Crippen molar-refractivity contribution in [3.8, 4) is 11.5 Å². The standard InChI is InChI=1S/C20H21N5O4S/c1-12-4-6-24(7-5-12)20-23-25-14(9-17(26)22-19(25)30-20)18(27)21-10-13-2-3-15-16(8-13)29-11-28-15/h2-3,8-9,12H,4-7,10-11H2,1H3,(H,21,27). The zero-order valence-electron chi connectivity index (χ0n) is 16.5. The zero-order chi connectivity index (χ0) is 20.7. The monoisotopic (exact) mass is 427 g/mol. The molecular weight excluding hydrogens is 406 g/mol. The predicted octanol–water partition coefficient (Wildman–Crippen LogP) is 2.05. The first-order valence-corrected chi connectivity index (χ1v) is 10.7. The molecule has 156 valence electrons. The molecule has 1 amide bonds. The number of hydrogen-bond acceptors (Lipinski definition) is 8. The summed E-state index contributed by atoms with van der Waals surface area (Å²) in [7, 11) is 0. The lowest BCUT2D eigenvalue weighted by Gasteiger charge is -2.29. The van der Waals surface area contributed by atoms with Crippen molar-refractivity contribution in [3.63, 3.8) is 0 Å². The Labute approximate surface area is 176 Å². The second kappa shape index (κ2) is 7.60. The van der Waals surface area contributed by atoms with Crippen LogP contribution in [0.5, 0.6) is 11.5 Å². The van der Waals surface area contributed by atoms with Crippen LogP contribution in [0.15, 0.2) is 29.1 Å². The lowest BCUT2D eigenvalue weighted by atomic mass is 10.00. The average Bonchev–Trinajstić information content (AvgIpc) is 3.38. The molecule has 2 aromatic heterocycles. The Balaban J connectivity index is 1.37. The number of ether oxygens (including phenoxy) is 2. The Bertz CT molecular complexity index is 1170. The molecule has 3 aromatic rings. The highest BCUT2D eigenvalue weighted by atomic mass is 32.1. The number of anilines is 1. The SMILES string of the molecule is CC1CCN(c2nn3c(C(=O)NCc4ccc5c(c4)OCO5)cc(=O)nc3s2)CC1. The van der Waals surface area contributed by atoms with Crippen LogP contribution in [-0.2, 0) is 6.54 Å². The van der Waals surface area contributed by atoms with Crippen molar-refractivity contribution in [3.05, 3.63) is 45.9 Å². The molecule has 0 unspecified atom stereocenters. The molecule has 30 heavy (non-hydrogen) atoms. The summed E-state index contributed by atoms with van der Waals surface area (Å²) in [6.45, 7) is 4.56. The summed E-state index contributed by atoms with van der Waals surface area (Å²) in [5.41, 5.74) is 0.593. The van der Waals surface area contributed by atoms with E-state index in [0.29, 0.717) is 22.4 Å². The summed E-state index contributed by atoms with van der Waals surface area (Å²) < 4.78 is 12.1. The van der Waals surface area contributed by atoms with Crippen LogP contribution in [-0.4, -0.2) is 40.4 Å². The number of rotatable bonds is 4. The lowest BCUT2D eigenvalue weighted by Crippen LogP contribution is -2.32. The number of nitrogens with zero attached hydrogens (tertiary/aromatic N) is 4. The van der Waals surface area contributed by atoms with Gasteiger partial charge in [0, 0.05) is 25.7 Å². The molecule has 5 rings (SSSR count). The first kappa shape index (κ1) is 18.9. The third-order valence-electron chi connectivity index (χ3n) is 5.42. The van der Waals surface area contributed by atoms with Crippen molar-refractivity contribution >= 4 is 27.3 Å². The predicted molar refractivity (Wildman–Crippen MR) is 111 cm³/mol. The molecule has 1 aromatic carbocycles. The molecule has 0 saturated carbocycles. The van der Waals surface area contributed by atoms with Gasteiger partial charge in [-0.2, -0.15) is 9.50 Å². The first-order chi connectivity index (χ1) is 14.6. The van der Waals surface area contributed by atoms with Crippen LogP contribution < -0.4 is 25.2 Å². The molecule has 10 heteroatoms. The van der Waals surface area contributed by atoms with Crippen LogP contribution in [0.1, 0.15) is 35.8 Å². The molecule has 4 heterocycles. The maximum absolute atomic E-state index is 12.8. The van der Waals surface area contributed by atoms with Crippen LogP contribution in [0, 0.1) is 5.92 Å². The van der Waals surface area contributed by atoms with Crippen LogP contribution in [0.25, 0.3) is 4.96 Å². The minimum atomic E-state index is -0.453. The number of amides is 1. The van der Waals surface area contributed by atoms with Crippen molar-refractivity contribution in [2.75, 3.05) is 24.8 Å². The molecule has 2 aliphatic heterocycles. The molecule has 0 atom stereocenters. The number of fused-ring (bicyclic) bond motifs is 2. The molecule has 1 saturated heterocycles. The summed E-state index contributed by atoms with van der Waals surface area (Å²) >= 11 is 1.33. The number of carbonyl (C=O) groups is 1. The Morgan fingerprint density at radius 2 is 2.03 bits per heavy atom. The summed E-state index contributed by atoms with van der Waals surface area (Å²) in [5, 5.41) is 8.22. The number of carbonyl (C=O) groups excluding carboxylic acids is 1. The van der Waals surface area contributed by atoms with Crippen LogP contribution in [0.4, 0.5) is 5.13 Å². The van der Waals surface area contributed by atoms with E-state index in [2.05, 4.69) is 27.2 Å². The second-order valence-electron chi connectivity index (χ2n) is 7.60. The zero-order valence-corrected chi connectivity index (χ0v) is 17.3. The average molecular weight is 427 g/mol. The van der Waals surface area contributed by atoms with Crippen LogP contribution in [0.3, 0.4) is 0 Å². The molecule has 0 bridgehead atoms. The van der Waals surface area contributed by atoms with Gasteiger partial charge in [0.05, 0.1) is 0 Å². The third kappa shape index (κ3) is 3.58. The molecule has 0 aliphatic carbocycles. The molecule has 0 spiro atoms. The van der Waals surface area contributed by atoms with Crippen molar-refractivity contribution in [2.45, 2.75) is 26.3 Å². The van der Waals surface area contributed by atoms with Crippen molar-refractivity contribution in [2.24, 2.45) is 5.92 Å². The van der Waals surface area contributed by atoms with Crippen molar-refractivity contribution in [1.82, 2.24) is 19.9 Å². The summed E-state index contributed by atoms with van der Waals surface area (Å²) in [4.78, 5) is 31.6. The maximum atomic E-state index is 12.8. The van der Waals surface area contributed by atoms with Gasteiger partial charge in [0.2, 0.25) is 16.9 Å². The third-order valence-corrected chi connectivity index (χ3v) is 6.39. The summed E-state index contributed by atoms with van der Waals surface area (Å²) in [6, 6.07) is 6.73. The second-order valence-corrected chi connectivity index (χ2v) is 8.53. The van der Waals surface area contributed by atoms with Crippen molar-refractivity contribution in [1.29, 1.82) is 0 Å². The van der Waals surface area contributed by atoms with Gasteiger partial charge in [-0.25, -0.2) is 0 Å². The molecule has 2 aliphatic rings. The van der Waals surface area contributed by atoms with E-state index in [-0.39, 0.29) is 24.9 Å². The van der Waals surface area contributed by atoms with Crippen LogP contribution in [0.2, 0.25) is 0 Å². The highest BCUT2D eigenvalue weighted by Gasteiger charge is 2.22. The van der Waals surface area contributed by atoms with Gasteiger partial charge in [-0.3, -0.25) is 9.59 Å². The molecule has 1 N–H and O–H groups in total. The van der Waals surface area contributed by atoms with Gasteiger partial charge >= 0.3 is 0 Å². The van der Waals surface area contributed by atoms with E-state index in [1.807, 2.05) is 18.2 Å². The van der Waals surface area contributed by atoms with Crippen molar-refractivity contribution < 1.29 is 14.3 Å². The molecule has 0 radical (unpaired) electrons. The Morgan fingerprint density at radius 3 is 2.87 bits per heavy atom. The van der Waals surface area contributed by atoms with Gasteiger partial charge in [0.1, 0.15) is 5.69 Å². The van der Waals surface area contributed by atoms with E-state index < -0.39 is 5.56 Å². The first-order valence-electron chi connectivity index (χ1n) is 9.89. The smallest absolute Gasteiger partial charge is 0.274 e. The number of piperidine rings is 1. The minimum absolute atomic E-state index is 0.179. The fourth-order valence-corrected chi connectivity index (χ4v) is 4.58. The highest BCUT2D eigenvalue weighted by Crippen LogP contribution is 2.32. The number of nitrogens with one attached hydrogen (secondary N) is 1. The number of hydrogen-bond donors (Lipinski definition) is 1. The van der Waals surface area contributed by atoms with Gasteiger partial charge in [0.25, 0.3) is 11.5 Å². The van der Waals surface area contributed by atoms with E-state index in [1.54, 1.807) is 0 Å². The van der Waals surface area contributed by atoms with E-state index in [4.69, 9.17) is 9.47 Å².